The Kier molecular flexibility index (Phi) is 10.3. The van der Waals surface area contributed by atoms with Crippen LogP contribution in [0.3, 0.4) is 0 Å². The summed E-state index contributed by atoms with van der Waals surface area (Å²) in [5.41, 5.74) is 0. The number of fused-ring (bicyclic) bond motifs is 1. The summed E-state index contributed by atoms with van der Waals surface area (Å²) >= 11 is 0. The maximum absolute atomic E-state index is 13.7. The standard InChI is InChI=1S/C25H42N4O5/c1-3-7-18-8-9-19-21(20(18)23(31)26-2)25(33)29(11-5-4-6-15-30)22(19)24(32)27-10-12-28-13-16-34-17-14-28/h8-9,18-22,30H,3-7,10-17H2,1-2H3,(H,26,31)(H,27,32)/t18-,19+,20-,21+,22+/m1/s1. The Bertz CT molecular complexity index is 724. The molecule has 5 atom stereocenters. The largest absolute Gasteiger partial charge is 0.396 e. The van der Waals surface area contributed by atoms with Gasteiger partial charge in [-0.05, 0) is 31.6 Å². The number of hydrogen-bond acceptors (Lipinski definition) is 6. The maximum Gasteiger partial charge on any atom is 0.243 e. The number of hydrogen-bond donors (Lipinski definition) is 3. The molecular formula is C25H42N4O5. The normalized spacial score (nSPS) is 29.2. The van der Waals surface area contributed by atoms with Gasteiger partial charge in [-0.15, -0.1) is 0 Å². The van der Waals surface area contributed by atoms with Crippen molar-refractivity contribution in [2.75, 3.05) is 59.6 Å². The average Bonchev–Trinajstić information content (AvgIpc) is 3.13. The summed E-state index contributed by atoms with van der Waals surface area (Å²) in [6.07, 6.45) is 8.00. The van der Waals surface area contributed by atoms with Gasteiger partial charge in [0.25, 0.3) is 0 Å². The number of likely N-dealkylation sites (tertiary alicyclic amines) is 1. The molecule has 34 heavy (non-hydrogen) atoms. The molecule has 9 heteroatoms. The number of unbranched alkanes of at least 4 members (excludes halogenated alkanes) is 2. The van der Waals surface area contributed by atoms with Gasteiger partial charge in [0, 0.05) is 52.3 Å². The van der Waals surface area contributed by atoms with Crippen molar-refractivity contribution in [1.29, 1.82) is 0 Å². The summed E-state index contributed by atoms with van der Waals surface area (Å²) in [5, 5.41) is 14.9. The van der Waals surface area contributed by atoms with E-state index in [0.29, 0.717) is 32.7 Å². The van der Waals surface area contributed by atoms with Crippen LogP contribution in [0.2, 0.25) is 0 Å². The van der Waals surface area contributed by atoms with E-state index in [1.165, 1.54) is 0 Å². The van der Waals surface area contributed by atoms with Gasteiger partial charge in [-0.25, -0.2) is 0 Å². The van der Waals surface area contributed by atoms with Crippen molar-refractivity contribution < 1.29 is 24.2 Å². The molecule has 2 aliphatic heterocycles. The number of ether oxygens (including phenoxy) is 1. The van der Waals surface area contributed by atoms with E-state index < -0.39 is 17.9 Å². The monoisotopic (exact) mass is 478 g/mol. The summed E-state index contributed by atoms with van der Waals surface area (Å²) < 4.78 is 5.38. The summed E-state index contributed by atoms with van der Waals surface area (Å²) in [5.74, 6) is -1.67. The number of allylic oxidation sites excluding steroid dienone is 1. The van der Waals surface area contributed by atoms with E-state index in [1.54, 1.807) is 11.9 Å². The molecule has 2 heterocycles. The van der Waals surface area contributed by atoms with E-state index in [0.717, 1.165) is 45.3 Å². The third-order valence-electron chi connectivity index (χ3n) is 7.44. The van der Waals surface area contributed by atoms with Gasteiger partial charge in [0.2, 0.25) is 17.7 Å². The predicted octanol–water partition coefficient (Wildman–Crippen LogP) is 0.389. The first-order chi connectivity index (χ1) is 16.5. The van der Waals surface area contributed by atoms with Crippen LogP contribution in [0.1, 0.15) is 39.0 Å². The Labute approximate surface area is 203 Å². The third-order valence-corrected chi connectivity index (χ3v) is 7.44. The van der Waals surface area contributed by atoms with Crippen LogP contribution in [0.4, 0.5) is 0 Å². The SMILES string of the molecule is CCC[C@@H]1C=C[C@H]2[C@H](C(=O)N(CCCCCO)[C@@H]2C(=O)NCCN2CCOCC2)[C@@H]1C(=O)NC. The molecule has 2 fully saturated rings. The van der Waals surface area contributed by atoms with Crippen LogP contribution in [-0.4, -0.2) is 98.3 Å². The maximum atomic E-state index is 13.7. The van der Waals surface area contributed by atoms with E-state index in [-0.39, 0.29) is 36.2 Å². The fourth-order valence-corrected chi connectivity index (χ4v) is 5.71. The van der Waals surface area contributed by atoms with Crippen LogP contribution in [-0.2, 0) is 19.1 Å². The number of carbonyl (C=O) groups excluding carboxylic acids is 3. The Morgan fingerprint density at radius 2 is 1.88 bits per heavy atom. The summed E-state index contributed by atoms with van der Waals surface area (Å²) in [4.78, 5) is 44.0. The van der Waals surface area contributed by atoms with Crippen molar-refractivity contribution in [3.8, 4) is 0 Å². The van der Waals surface area contributed by atoms with Crippen molar-refractivity contribution in [3.63, 3.8) is 0 Å². The third kappa shape index (κ3) is 6.17. The Morgan fingerprint density at radius 3 is 2.56 bits per heavy atom. The minimum atomic E-state index is -0.609. The molecular weight excluding hydrogens is 436 g/mol. The van der Waals surface area contributed by atoms with Gasteiger partial charge in [0.1, 0.15) is 6.04 Å². The second-order valence-corrected chi connectivity index (χ2v) is 9.59. The minimum Gasteiger partial charge on any atom is -0.396 e. The van der Waals surface area contributed by atoms with Crippen LogP contribution in [0, 0.1) is 23.7 Å². The molecule has 0 aromatic heterocycles. The average molecular weight is 479 g/mol. The van der Waals surface area contributed by atoms with Crippen molar-refractivity contribution >= 4 is 17.7 Å². The van der Waals surface area contributed by atoms with Gasteiger partial charge in [-0.1, -0.05) is 25.5 Å². The highest BCUT2D eigenvalue weighted by atomic mass is 16.5. The molecule has 0 radical (unpaired) electrons. The number of amides is 3. The number of carbonyl (C=O) groups is 3. The molecule has 0 unspecified atom stereocenters. The lowest BCUT2D eigenvalue weighted by Crippen LogP contribution is -2.49. The second kappa shape index (κ2) is 13.2. The minimum absolute atomic E-state index is 0.00507. The summed E-state index contributed by atoms with van der Waals surface area (Å²) in [6, 6.07) is -0.609. The lowest BCUT2D eigenvalue weighted by atomic mass is 9.68. The van der Waals surface area contributed by atoms with Gasteiger partial charge < -0.3 is 25.4 Å². The number of rotatable bonds is 12. The molecule has 3 amide bonds. The van der Waals surface area contributed by atoms with Gasteiger partial charge in [-0.2, -0.15) is 0 Å². The Hall–Kier alpha value is -1.97. The molecule has 9 nitrogen and oxygen atoms in total. The first-order valence-electron chi connectivity index (χ1n) is 12.9. The molecule has 3 aliphatic rings. The van der Waals surface area contributed by atoms with Gasteiger partial charge in [0.05, 0.1) is 25.0 Å². The first-order valence-corrected chi connectivity index (χ1v) is 12.9. The van der Waals surface area contributed by atoms with Crippen LogP contribution in [0.25, 0.3) is 0 Å². The lowest BCUT2D eigenvalue weighted by Gasteiger charge is -2.34. The fraction of sp³-hybridized carbons (Fsp3) is 0.800. The van der Waals surface area contributed by atoms with Crippen LogP contribution in [0.15, 0.2) is 12.2 Å². The van der Waals surface area contributed by atoms with E-state index in [2.05, 4.69) is 28.5 Å². The molecule has 0 bridgehead atoms. The highest BCUT2D eigenvalue weighted by Crippen LogP contribution is 2.45. The number of aliphatic hydroxyl groups is 1. The van der Waals surface area contributed by atoms with E-state index in [9.17, 15) is 14.4 Å². The fourth-order valence-electron chi connectivity index (χ4n) is 5.71. The Balaban J connectivity index is 1.77. The summed E-state index contributed by atoms with van der Waals surface area (Å²) in [7, 11) is 1.61. The topological polar surface area (TPSA) is 111 Å². The smallest absolute Gasteiger partial charge is 0.243 e. The molecule has 0 aromatic carbocycles. The molecule has 3 rings (SSSR count). The van der Waals surface area contributed by atoms with Crippen molar-refractivity contribution in [3.05, 3.63) is 12.2 Å². The van der Waals surface area contributed by atoms with Crippen LogP contribution < -0.4 is 10.6 Å². The quantitative estimate of drug-likeness (QED) is 0.276. The van der Waals surface area contributed by atoms with Crippen LogP contribution in [0.5, 0.6) is 0 Å². The number of nitrogens with one attached hydrogen (secondary N) is 2. The van der Waals surface area contributed by atoms with Crippen molar-refractivity contribution in [2.45, 2.75) is 45.1 Å². The van der Waals surface area contributed by atoms with E-state index in [4.69, 9.17) is 9.84 Å². The van der Waals surface area contributed by atoms with E-state index in [1.807, 2.05) is 6.08 Å². The zero-order chi connectivity index (χ0) is 24.5. The second-order valence-electron chi connectivity index (χ2n) is 9.59. The number of nitrogens with zero attached hydrogens (tertiary/aromatic N) is 2. The van der Waals surface area contributed by atoms with Crippen LogP contribution >= 0.6 is 0 Å². The highest BCUT2D eigenvalue weighted by Gasteiger charge is 2.56. The zero-order valence-electron chi connectivity index (χ0n) is 20.7. The predicted molar refractivity (Wildman–Crippen MR) is 129 cm³/mol. The molecule has 0 saturated carbocycles. The van der Waals surface area contributed by atoms with Gasteiger partial charge in [-0.3, -0.25) is 19.3 Å². The van der Waals surface area contributed by atoms with E-state index >= 15 is 0 Å². The van der Waals surface area contributed by atoms with Crippen molar-refractivity contribution in [1.82, 2.24) is 20.4 Å². The molecule has 3 N–H and O–H groups in total. The summed E-state index contributed by atoms with van der Waals surface area (Å²) in [6.45, 7) is 7.04. The molecule has 0 aromatic rings. The zero-order valence-corrected chi connectivity index (χ0v) is 20.7. The molecule has 2 saturated heterocycles. The number of aliphatic hydroxyl groups excluding tert-OH is 1. The van der Waals surface area contributed by atoms with Gasteiger partial charge in [0.15, 0.2) is 0 Å². The highest BCUT2D eigenvalue weighted by molar-refractivity contribution is 5.96. The Morgan fingerprint density at radius 1 is 1.12 bits per heavy atom. The molecule has 1 aliphatic carbocycles. The molecule has 0 spiro atoms. The van der Waals surface area contributed by atoms with Gasteiger partial charge >= 0.3 is 0 Å². The lowest BCUT2D eigenvalue weighted by molar-refractivity contribution is -0.140. The van der Waals surface area contributed by atoms with Crippen molar-refractivity contribution in [2.24, 2.45) is 23.7 Å². The number of morpholine rings is 1. The molecule has 192 valence electrons. The first kappa shape index (κ1) is 26.6.